The third-order valence-corrected chi connectivity index (χ3v) is 7.47. The quantitative estimate of drug-likeness (QED) is 0.126. The highest BCUT2D eigenvalue weighted by molar-refractivity contribution is 5.71. The van der Waals surface area contributed by atoms with Crippen LogP contribution in [0.25, 0.3) is 22.3 Å². The molecule has 3 aromatic rings. The smallest absolute Gasteiger partial charge is 0.186 e. The second-order valence-corrected chi connectivity index (χ2v) is 10.5. The molecule has 0 aliphatic carbocycles. The van der Waals surface area contributed by atoms with Gasteiger partial charge < -0.3 is 9.47 Å². The van der Waals surface area contributed by atoms with Crippen LogP contribution in [0.5, 0.6) is 0 Å². The van der Waals surface area contributed by atoms with Crippen molar-refractivity contribution in [2.24, 2.45) is 5.92 Å². The molecule has 6 heteroatoms. The number of rotatable bonds is 12. The zero-order chi connectivity index (χ0) is 28.5. The molecule has 1 aliphatic heterocycles. The number of hydrogen-bond donors (Lipinski definition) is 0. The van der Waals surface area contributed by atoms with Gasteiger partial charge in [-0.1, -0.05) is 106 Å². The molecule has 1 heterocycles. The molecule has 1 fully saturated rings. The predicted octanol–water partition coefficient (Wildman–Crippen LogP) is 10.1. The Kier molecular flexibility index (Phi) is 11.0. The van der Waals surface area contributed by atoms with Crippen LogP contribution in [0.15, 0.2) is 60.7 Å². The van der Waals surface area contributed by atoms with Gasteiger partial charge in [0.15, 0.2) is 29.6 Å². The van der Waals surface area contributed by atoms with Crippen molar-refractivity contribution in [2.45, 2.75) is 71.5 Å². The van der Waals surface area contributed by atoms with Crippen LogP contribution in [0.1, 0.15) is 76.2 Å². The van der Waals surface area contributed by atoms with Crippen LogP contribution in [-0.4, -0.2) is 13.2 Å². The van der Waals surface area contributed by atoms with E-state index in [1.807, 2.05) is 19.1 Å². The fraction of sp³-hybridized carbons (Fsp3) is 0.412. The van der Waals surface area contributed by atoms with Crippen LogP contribution in [-0.2, 0) is 15.9 Å². The normalized spacial score (nSPS) is 17.6. The van der Waals surface area contributed by atoms with Crippen LogP contribution >= 0.6 is 0 Å². The van der Waals surface area contributed by atoms with Crippen LogP contribution < -0.4 is 0 Å². The predicted molar refractivity (Wildman–Crippen MR) is 152 cm³/mol. The lowest BCUT2D eigenvalue weighted by molar-refractivity contribution is -0.199. The first-order valence-electron chi connectivity index (χ1n) is 14.4. The molecular formula is C34H38F4O2. The molecule has 0 N–H and O–H groups in total. The highest BCUT2D eigenvalue weighted by Crippen LogP contribution is 2.34. The minimum atomic E-state index is -1.03. The second kappa shape index (κ2) is 14.6. The second-order valence-electron chi connectivity index (χ2n) is 10.5. The Morgan fingerprint density at radius 3 is 1.82 bits per heavy atom. The van der Waals surface area contributed by atoms with Gasteiger partial charge in [-0.3, -0.25) is 0 Å². The maximum absolute atomic E-state index is 15.1. The topological polar surface area (TPSA) is 18.5 Å². The summed E-state index contributed by atoms with van der Waals surface area (Å²) in [5.41, 5.74) is 1.46. The van der Waals surface area contributed by atoms with E-state index in [-0.39, 0.29) is 22.6 Å². The maximum Gasteiger partial charge on any atom is 0.186 e. The summed E-state index contributed by atoms with van der Waals surface area (Å²) < 4.78 is 71.1. The molecule has 2 nitrogen and oxygen atoms in total. The van der Waals surface area contributed by atoms with Gasteiger partial charge in [0.1, 0.15) is 0 Å². The van der Waals surface area contributed by atoms with E-state index in [1.165, 1.54) is 37.8 Å². The first-order chi connectivity index (χ1) is 19.4. The lowest BCUT2D eigenvalue weighted by Crippen LogP contribution is -2.26. The van der Waals surface area contributed by atoms with Crippen molar-refractivity contribution in [2.75, 3.05) is 13.2 Å². The average molecular weight is 555 g/mol. The zero-order valence-electron chi connectivity index (χ0n) is 23.3. The van der Waals surface area contributed by atoms with Crippen molar-refractivity contribution in [3.05, 3.63) is 95.1 Å². The summed E-state index contributed by atoms with van der Waals surface area (Å²) in [6.45, 7) is 4.79. The molecule has 0 bridgehead atoms. The molecular weight excluding hydrogens is 516 g/mol. The number of ether oxygens (including phenoxy) is 2. The molecule has 1 saturated heterocycles. The van der Waals surface area contributed by atoms with E-state index >= 15 is 4.39 Å². The summed E-state index contributed by atoms with van der Waals surface area (Å²) in [7, 11) is 0. The summed E-state index contributed by atoms with van der Waals surface area (Å²) in [5.74, 6) is -3.67. The zero-order valence-corrected chi connectivity index (χ0v) is 23.3. The number of halogens is 4. The lowest BCUT2D eigenvalue weighted by Gasteiger charge is -2.28. The van der Waals surface area contributed by atoms with E-state index < -0.39 is 29.6 Å². The number of aryl methyl sites for hydroxylation is 1. The van der Waals surface area contributed by atoms with Gasteiger partial charge in [-0.25, -0.2) is 17.6 Å². The van der Waals surface area contributed by atoms with Gasteiger partial charge >= 0.3 is 0 Å². The van der Waals surface area contributed by atoms with E-state index in [1.54, 1.807) is 36.4 Å². The average Bonchev–Trinajstić information content (AvgIpc) is 2.97. The molecule has 214 valence electrons. The Morgan fingerprint density at radius 2 is 1.23 bits per heavy atom. The highest BCUT2D eigenvalue weighted by atomic mass is 19.2. The first-order valence-corrected chi connectivity index (χ1v) is 14.4. The Hall–Kier alpha value is -2.96. The van der Waals surface area contributed by atoms with Gasteiger partial charge in [-0.15, -0.1) is 0 Å². The summed E-state index contributed by atoms with van der Waals surface area (Å²) in [6, 6.07) is 12.5. The Balaban J connectivity index is 1.42. The van der Waals surface area contributed by atoms with Gasteiger partial charge in [-0.05, 0) is 36.5 Å². The Bertz CT molecular complexity index is 1280. The monoisotopic (exact) mass is 554 g/mol. The van der Waals surface area contributed by atoms with Crippen molar-refractivity contribution >= 4 is 0 Å². The highest BCUT2D eigenvalue weighted by Gasteiger charge is 2.27. The molecule has 0 amide bonds. The van der Waals surface area contributed by atoms with Crippen LogP contribution in [0, 0.1) is 29.2 Å². The molecule has 1 aliphatic rings. The third kappa shape index (κ3) is 7.21. The van der Waals surface area contributed by atoms with Crippen molar-refractivity contribution in [1.29, 1.82) is 0 Å². The summed E-state index contributed by atoms with van der Waals surface area (Å²) >= 11 is 0. The van der Waals surface area contributed by atoms with Gasteiger partial charge in [0.2, 0.25) is 0 Å². The summed E-state index contributed by atoms with van der Waals surface area (Å²) in [4.78, 5) is 0. The standard InChI is InChI=1S/C34H38F4O2/c1-3-5-6-7-8-9-10-12-26-17-18-27(31(36)30(26)35)24-13-15-25(16-14-24)28-19-20-29(33(38)32(28)37)34-39-21-23(11-4-2)22-40-34/h4,11,13-20,23,34H,3,5-10,12,21-22H2,1-2H3. The molecule has 40 heavy (non-hydrogen) atoms. The van der Waals surface area contributed by atoms with Crippen molar-refractivity contribution in [3.63, 3.8) is 0 Å². The van der Waals surface area contributed by atoms with Gasteiger partial charge in [-0.2, -0.15) is 0 Å². The van der Waals surface area contributed by atoms with Crippen LogP contribution in [0.3, 0.4) is 0 Å². The summed E-state index contributed by atoms with van der Waals surface area (Å²) in [6.07, 6.45) is 11.2. The molecule has 0 spiro atoms. The number of allylic oxidation sites excluding steroid dienone is 1. The largest absolute Gasteiger partial charge is 0.348 e. The van der Waals surface area contributed by atoms with E-state index in [4.69, 9.17) is 9.47 Å². The Labute approximate surface area is 235 Å². The van der Waals surface area contributed by atoms with E-state index in [9.17, 15) is 13.2 Å². The fourth-order valence-electron chi connectivity index (χ4n) is 5.16. The van der Waals surface area contributed by atoms with E-state index in [0.29, 0.717) is 36.3 Å². The lowest BCUT2D eigenvalue weighted by atomic mass is 9.96. The SMILES string of the molecule is CC=CC1COC(c2ccc(-c3ccc(-c4ccc(CCCCCCCCC)c(F)c4F)cc3)c(F)c2F)OC1. The molecule has 0 unspecified atom stereocenters. The Morgan fingerprint density at radius 1 is 0.675 bits per heavy atom. The van der Waals surface area contributed by atoms with Crippen molar-refractivity contribution < 1.29 is 27.0 Å². The van der Waals surface area contributed by atoms with Crippen LogP contribution in [0.2, 0.25) is 0 Å². The number of hydrogen-bond acceptors (Lipinski definition) is 2. The molecule has 0 saturated carbocycles. The fourth-order valence-corrected chi connectivity index (χ4v) is 5.16. The van der Waals surface area contributed by atoms with E-state index in [2.05, 4.69) is 6.92 Å². The molecule has 0 radical (unpaired) electrons. The van der Waals surface area contributed by atoms with Crippen molar-refractivity contribution in [1.82, 2.24) is 0 Å². The summed E-state index contributed by atoms with van der Waals surface area (Å²) in [5, 5.41) is 0. The molecule has 0 atom stereocenters. The first kappa shape index (κ1) is 30.0. The molecule has 3 aromatic carbocycles. The number of benzene rings is 3. The third-order valence-electron chi connectivity index (χ3n) is 7.47. The number of unbranched alkanes of at least 4 members (excludes halogenated alkanes) is 6. The van der Waals surface area contributed by atoms with Crippen LogP contribution in [0.4, 0.5) is 17.6 Å². The van der Waals surface area contributed by atoms with Crippen molar-refractivity contribution in [3.8, 4) is 22.3 Å². The van der Waals surface area contributed by atoms with E-state index in [0.717, 1.165) is 19.3 Å². The molecule has 4 rings (SSSR count). The van der Waals surface area contributed by atoms with Gasteiger partial charge in [0, 0.05) is 22.6 Å². The van der Waals surface area contributed by atoms with Gasteiger partial charge in [0.25, 0.3) is 0 Å². The maximum atomic E-state index is 15.1. The molecule has 0 aromatic heterocycles. The minimum absolute atomic E-state index is 0.00549. The van der Waals surface area contributed by atoms with Gasteiger partial charge in [0.05, 0.1) is 13.2 Å². The minimum Gasteiger partial charge on any atom is -0.348 e.